The van der Waals surface area contributed by atoms with Crippen LogP contribution in [0.2, 0.25) is 0 Å². The van der Waals surface area contributed by atoms with Gasteiger partial charge in [-0.2, -0.15) is 13.2 Å². The van der Waals surface area contributed by atoms with E-state index in [0.717, 1.165) is 37.8 Å². The van der Waals surface area contributed by atoms with Crippen LogP contribution >= 0.6 is 0 Å². The monoisotopic (exact) mass is 425 g/mol. The third-order valence-corrected chi connectivity index (χ3v) is 6.60. The van der Waals surface area contributed by atoms with Gasteiger partial charge in [0.2, 0.25) is 5.91 Å². The average molecular weight is 425 g/mol. The predicted molar refractivity (Wildman–Crippen MR) is 104 cm³/mol. The third kappa shape index (κ3) is 4.40. The molecule has 3 aliphatic rings. The summed E-state index contributed by atoms with van der Waals surface area (Å²) >= 11 is 0. The fraction of sp³-hybridized carbons (Fsp3) is 0.619. The fourth-order valence-corrected chi connectivity index (χ4v) is 4.65. The van der Waals surface area contributed by atoms with E-state index in [1.165, 1.54) is 12.1 Å². The molecule has 0 aromatic heterocycles. The number of anilines is 1. The summed E-state index contributed by atoms with van der Waals surface area (Å²) < 4.78 is 43.3. The molecule has 3 amide bonds. The lowest BCUT2D eigenvalue weighted by Gasteiger charge is -2.40. The number of nitrogens with zero attached hydrogens (tertiary/aromatic N) is 2. The topological polar surface area (TPSA) is 61.9 Å². The largest absolute Gasteiger partial charge is 0.416 e. The van der Waals surface area contributed by atoms with Crippen molar-refractivity contribution < 1.29 is 27.5 Å². The third-order valence-electron chi connectivity index (χ3n) is 6.60. The summed E-state index contributed by atoms with van der Waals surface area (Å²) in [6.07, 6.45) is -1.02. The molecule has 1 aromatic rings. The number of hydrogen-bond donors (Lipinski definition) is 1. The van der Waals surface area contributed by atoms with Crippen molar-refractivity contribution in [1.29, 1.82) is 0 Å². The van der Waals surface area contributed by atoms with Gasteiger partial charge in [-0.25, -0.2) is 4.79 Å². The number of hydrogen-bond acceptors (Lipinski definition) is 3. The molecule has 0 bridgehead atoms. The molecule has 164 valence electrons. The molecule has 1 unspecified atom stereocenters. The summed E-state index contributed by atoms with van der Waals surface area (Å²) in [4.78, 5) is 28.8. The molecule has 3 aliphatic heterocycles. The van der Waals surface area contributed by atoms with E-state index in [2.05, 4.69) is 5.32 Å². The molecule has 30 heavy (non-hydrogen) atoms. The van der Waals surface area contributed by atoms with Crippen molar-refractivity contribution in [2.45, 2.75) is 31.9 Å². The summed E-state index contributed by atoms with van der Waals surface area (Å²) in [7, 11) is 0. The Labute approximate surface area is 173 Å². The summed E-state index contributed by atoms with van der Waals surface area (Å²) in [6, 6.07) is 4.16. The van der Waals surface area contributed by atoms with E-state index in [1.807, 2.05) is 4.90 Å². The first kappa shape index (κ1) is 21.0. The molecular weight excluding hydrogens is 399 g/mol. The number of piperidine rings is 1. The Kier molecular flexibility index (Phi) is 5.65. The zero-order valence-corrected chi connectivity index (χ0v) is 16.7. The van der Waals surface area contributed by atoms with E-state index in [1.54, 1.807) is 4.90 Å². The minimum Gasteiger partial charge on any atom is -0.381 e. The number of carbonyl (C=O) groups is 2. The maximum Gasteiger partial charge on any atom is 0.416 e. The highest BCUT2D eigenvalue weighted by atomic mass is 19.4. The van der Waals surface area contributed by atoms with Crippen LogP contribution in [0.15, 0.2) is 24.3 Å². The van der Waals surface area contributed by atoms with Crippen molar-refractivity contribution in [2.24, 2.45) is 11.3 Å². The van der Waals surface area contributed by atoms with Gasteiger partial charge in [0.05, 0.1) is 18.1 Å². The van der Waals surface area contributed by atoms with Crippen molar-refractivity contribution in [1.82, 2.24) is 9.80 Å². The van der Waals surface area contributed by atoms with E-state index in [0.29, 0.717) is 45.1 Å². The molecule has 1 atom stereocenters. The van der Waals surface area contributed by atoms with Crippen LogP contribution in [-0.4, -0.2) is 61.1 Å². The van der Waals surface area contributed by atoms with E-state index >= 15 is 0 Å². The van der Waals surface area contributed by atoms with Crippen LogP contribution in [0.25, 0.3) is 0 Å². The van der Waals surface area contributed by atoms with Crippen LogP contribution in [0.4, 0.5) is 23.7 Å². The minimum absolute atomic E-state index is 0.0143. The molecule has 3 heterocycles. The summed E-state index contributed by atoms with van der Waals surface area (Å²) in [5.74, 6) is 0.158. The maximum absolute atomic E-state index is 12.7. The molecule has 3 fully saturated rings. The van der Waals surface area contributed by atoms with Gasteiger partial charge in [-0.1, -0.05) is 0 Å². The van der Waals surface area contributed by atoms with Crippen molar-refractivity contribution in [3.05, 3.63) is 29.8 Å². The summed E-state index contributed by atoms with van der Waals surface area (Å²) in [5, 5.41) is 2.69. The standard InChI is InChI=1S/C21H26F3N3O3/c22-21(23,24)16-1-3-17(4-2-16)25-19(29)27-11-8-20(14-27)6-9-26(10-7-20)18(28)15-5-12-30-13-15/h1-4,15H,5-14H2,(H,25,29). The van der Waals surface area contributed by atoms with Gasteiger partial charge in [-0.3, -0.25) is 4.79 Å². The number of benzene rings is 1. The van der Waals surface area contributed by atoms with Gasteiger partial charge in [0.15, 0.2) is 0 Å². The number of alkyl halides is 3. The zero-order valence-electron chi connectivity index (χ0n) is 16.7. The second-order valence-electron chi connectivity index (χ2n) is 8.56. The van der Waals surface area contributed by atoms with Crippen molar-refractivity contribution in [3.8, 4) is 0 Å². The van der Waals surface area contributed by atoms with E-state index < -0.39 is 11.7 Å². The van der Waals surface area contributed by atoms with Crippen LogP contribution < -0.4 is 5.32 Å². The number of ether oxygens (including phenoxy) is 1. The van der Waals surface area contributed by atoms with Crippen molar-refractivity contribution >= 4 is 17.6 Å². The number of nitrogens with one attached hydrogen (secondary N) is 1. The van der Waals surface area contributed by atoms with Crippen LogP contribution in [0.1, 0.15) is 31.2 Å². The first-order chi connectivity index (χ1) is 14.3. The molecule has 9 heteroatoms. The number of likely N-dealkylation sites (tertiary alicyclic amines) is 2. The zero-order chi connectivity index (χ0) is 21.4. The van der Waals surface area contributed by atoms with E-state index in [9.17, 15) is 22.8 Å². The quantitative estimate of drug-likeness (QED) is 0.788. The smallest absolute Gasteiger partial charge is 0.381 e. The van der Waals surface area contributed by atoms with Gasteiger partial charge in [-0.05, 0) is 55.4 Å². The number of urea groups is 1. The van der Waals surface area contributed by atoms with Crippen LogP contribution in [0, 0.1) is 11.3 Å². The highest BCUT2D eigenvalue weighted by Crippen LogP contribution is 2.41. The molecule has 0 radical (unpaired) electrons. The normalized spacial score (nSPS) is 23.8. The molecular formula is C21H26F3N3O3. The molecule has 4 rings (SSSR count). The van der Waals surface area contributed by atoms with Gasteiger partial charge in [0, 0.05) is 38.5 Å². The Morgan fingerprint density at radius 3 is 2.23 bits per heavy atom. The van der Waals surface area contributed by atoms with Crippen molar-refractivity contribution in [3.63, 3.8) is 0 Å². The fourth-order valence-electron chi connectivity index (χ4n) is 4.65. The molecule has 0 saturated carbocycles. The van der Waals surface area contributed by atoms with E-state index in [-0.39, 0.29) is 23.3 Å². The van der Waals surface area contributed by atoms with Crippen LogP contribution in [-0.2, 0) is 15.7 Å². The number of halogens is 3. The van der Waals surface area contributed by atoms with Crippen LogP contribution in [0.3, 0.4) is 0 Å². The summed E-state index contributed by atoms with van der Waals surface area (Å²) in [5.41, 5.74) is -0.389. The maximum atomic E-state index is 12.7. The second kappa shape index (κ2) is 8.09. The molecule has 6 nitrogen and oxygen atoms in total. The van der Waals surface area contributed by atoms with Gasteiger partial charge in [0.1, 0.15) is 0 Å². The van der Waals surface area contributed by atoms with Crippen molar-refractivity contribution in [2.75, 3.05) is 44.7 Å². The Morgan fingerprint density at radius 2 is 1.67 bits per heavy atom. The van der Waals surface area contributed by atoms with Gasteiger partial charge >= 0.3 is 12.2 Å². The molecule has 3 saturated heterocycles. The van der Waals surface area contributed by atoms with Crippen LogP contribution in [0.5, 0.6) is 0 Å². The molecule has 0 aliphatic carbocycles. The molecule has 1 N–H and O–H groups in total. The van der Waals surface area contributed by atoms with Gasteiger partial charge in [-0.15, -0.1) is 0 Å². The van der Waals surface area contributed by atoms with E-state index in [4.69, 9.17) is 4.74 Å². The Balaban J connectivity index is 1.29. The van der Waals surface area contributed by atoms with Gasteiger partial charge in [0.25, 0.3) is 0 Å². The second-order valence-corrected chi connectivity index (χ2v) is 8.56. The molecule has 1 aromatic carbocycles. The lowest BCUT2D eigenvalue weighted by Crippen LogP contribution is -2.47. The Bertz CT molecular complexity index is 783. The SMILES string of the molecule is O=C(Nc1ccc(C(F)(F)F)cc1)N1CCC2(CCN(C(=O)C3CCOC3)CC2)C1. The lowest BCUT2D eigenvalue weighted by molar-refractivity contribution is -0.138. The Hall–Kier alpha value is -2.29. The number of amides is 3. The predicted octanol–water partition coefficient (Wildman–Crippen LogP) is 3.59. The highest BCUT2D eigenvalue weighted by Gasteiger charge is 2.43. The minimum atomic E-state index is -4.40. The highest BCUT2D eigenvalue weighted by molar-refractivity contribution is 5.89. The van der Waals surface area contributed by atoms with Gasteiger partial charge < -0.3 is 19.9 Å². The first-order valence-electron chi connectivity index (χ1n) is 10.4. The first-order valence-corrected chi connectivity index (χ1v) is 10.4. The summed E-state index contributed by atoms with van der Waals surface area (Å²) in [6.45, 7) is 3.77. The average Bonchev–Trinajstić information content (AvgIpc) is 3.39. The number of rotatable bonds is 2. The molecule has 1 spiro atoms. The Morgan fingerprint density at radius 1 is 1.03 bits per heavy atom. The lowest BCUT2D eigenvalue weighted by atomic mass is 9.77. The number of carbonyl (C=O) groups excluding carboxylic acids is 2.